The minimum atomic E-state index is -0.0409. The molecule has 0 unspecified atom stereocenters. The predicted octanol–water partition coefficient (Wildman–Crippen LogP) is 1.15. The standard InChI is InChI=1S/C15H18N4O2/c1-2-13(8-16-3-1)10-19-6-7-20-12-14(11-19)21-15-9-17-4-5-18-15/h1-5,8-9,14H,6-7,10-12H2/t14-/m1/s1. The number of rotatable bonds is 4. The molecule has 1 aliphatic rings. The Kier molecular flexibility index (Phi) is 4.70. The predicted molar refractivity (Wildman–Crippen MR) is 76.8 cm³/mol. The lowest BCUT2D eigenvalue weighted by Crippen LogP contribution is -2.35. The van der Waals surface area contributed by atoms with E-state index in [9.17, 15) is 0 Å². The molecule has 0 saturated carbocycles. The van der Waals surface area contributed by atoms with Crippen molar-refractivity contribution in [1.82, 2.24) is 19.9 Å². The molecule has 6 heteroatoms. The maximum Gasteiger partial charge on any atom is 0.232 e. The highest BCUT2D eigenvalue weighted by Gasteiger charge is 2.20. The van der Waals surface area contributed by atoms with Crippen LogP contribution in [0.15, 0.2) is 43.1 Å². The van der Waals surface area contributed by atoms with Crippen LogP contribution in [0.5, 0.6) is 5.88 Å². The molecule has 0 bridgehead atoms. The molecule has 21 heavy (non-hydrogen) atoms. The highest BCUT2D eigenvalue weighted by atomic mass is 16.5. The summed E-state index contributed by atoms with van der Waals surface area (Å²) in [7, 11) is 0. The smallest absolute Gasteiger partial charge is 0.232 e. The lowest BCUT2D eigenvalue weighted by molar-refractivity contribution is 0.0681. The number of nitrogens with zero attached hydrogens (tertiary/aromatic N) is 4. The highest BCUT2D eigenvalue weighted by Crippen LogP contribution is 2.11. The van der Waals surface area contributed by atoms with Gasteiger partial charge >= 0.3 is 0 Å². The first-order valence-electron chi connectivity index (χ1n) is 7.02. The molecule has 6 nitrogen and oxygen atoms in total. The molecule has 3 heterocycles. The van der Waals surface area contributed by atoms with Crippen LogP contribution in [-0.4, -0.2) is 52.3 Å². The van der Waals surface area contributed by atoms with E-state index in [4.69, 9.17) is 9.47 Å². The Balaban J connectivity index is 1.61. The molecule has 2 aromatic rings. The van der Waals surface area contributed by atoms with Gasteiger partial charge in [-0.3, -0.25) is 14.9 Å². The SMILES string of the molecule is c1cncc(CN2CCOC[C@H](Oc3cnccn3)C2)c1. The number of ether oxygens (including phenoxy) is 2. The summed E-state index contributed by atoms with van der Waals surface area (Å²) in [5, 5.41) is 0. The van der Waals surface area contributed by atoms with Crippen LogP contribution in [0.4, 0.5) is 0 Å². The molecule has 1 fully saturated rings. The van der Waals surface area contributed by atoms with Gasteiger partial charge in [0.25, 0.3) is 0 Å². The molecule has 1 saturated heterocycles. The average molecular weight is 286 g/mol. The van der Waals surface area contributed by atoms with Crippen molar-refractivity contribution in [2.45, 2.75) is 12.6 Å². The van der Waals surface area contributed by atoms with E-state index in [2.05, 4.69) is 25.9 Å². The zero-order chi connectivity index (χ0) is 14.3. The maximum absolute atomic E-state index is 5.85. The zero-order valence-electron chi connectivity index (χ0n) is 11.8. The molecule has 0 N–H and O–H groups in total. The van der Waals surface area contributed by atoms with E-state index in [1.54, 1.807) is 24.8 Å². The van der Waals surface area contributed by atoms with Gasteiger partial charge in [0.05, 0.1) is 19.4 Å². The summed E-state index contributed by atoms with van der Waals surface area (Å²) >= 11 is 0. The normalized spacial score (nSPS) is 19.9. The van der Waals surface area contributed by atoms with Crippen molar-refractivity contribution in [2.75, 3.05) is 26.3 Å². The van der Waals surface area contributed by atoms with Gasteiger partial charge in [-0.1, -0.05) is 6.07 Å². The van der Waals surface area contributed by atoms with Crippen LogP contribution in [-0.2, 0) is 11.3 Å². The van der Waals surface area contributed by atoms with Gasteiger partial charge in [0.15, 0.2) is 0 Å². The second-order valence-corrected chi connectivity index (χ2v) is 4.95. The summed E-state index contributed by atoms with van der Waals surface area (Å²) in [6.07, 6.45) is 8.52. The van der Waals surface area contributed by atoms with Gasteiger partial charge in [0.1, 0.15) is 6.10 Å². The van der Waals surface area contributed by atoms with Crippen molar-refractivity contribution in [3.05, 3.63) is 48.7 Å². The second-order valence-electron chi connectivity index (χ2n) is 4.95. The van der Waals surface area contributed by atoms with Gasteiger partial charge in [-0.15, -0.1) is 0 Å². The first kappa shape index (κ1) is 13.9. The first-order chi connectivity index (χ1) is 10.4. The number of pyridine rings is 1. The van der Waals surface area contributed by atoms with E-state index in [-0.39, 0.29) is 6.10 Å². The van der Waals surface area contributed by atoms with Crippen molar-refractivity contribution in [1.29, 1.82) is 0 Å². The summed E-state index contributed by atoms with van der Waals surface area (Å²) in [4.78, 5) is 14.6. The maximum atomic E-state index is 5.85. The van der Waals surface area contributed by atoms with Crippen molar-refractivity contribution < 1.29 is 9.47 Å². The van der Waals surface area contributed by atoms with Crippen molar-refractivity contribution in [2.24, 2.45) is 0 Å². The van der Waals surface area contributed by atoms with Crippen molar-refractivity contribution in [3.63, 3.8) is 0 Å². The monoisotopic (exact) mass is 286 g/mol. The van der Waals surface area contributed by atoms with E-state index in [0.29, 0.717) is 19.1 Å². The van der Waals surface area contributed by atoms with Gasteiger partial charge in [-0.25, -0.2) is 4.98 Å². The average Bonchev–Trinajstić information content (AvgIpc) is 2.74. The van der Waals surface area contributed by atoms with Crippen molar-refractivity contribution in [3.8, 4) is 5.88 Å². The van der Waals surface area contributed by atoms with Gasteiger partial charge < -0.3 is 9.47 Å². The van der Waals surface area contributed by atoms with Crippen LogP contribution in [0.25, 0.3) is 0 Å². The number of aromatic nitrogens is 3. The summed E-state index contributed by atoms with van der Waals surface area (Å²) in [5.74, 6) is 0.536. The third-order valence-corrected chi connectivity index (χ3v) is 3.27. The van der Waals surface area contributed by atoms with Crippen LogP contribution in [0, 0.1) is 0 Å². The fraction of sp³-hybridized carbons (Fsp3) is 0.400. The van der Waals surface area contributed by atoms with Crippen LogP contribution < -0.4 is 4.74 Å². The quantitative estimate of drug-likeness (QED) is 0.840. The molecule has 110 valence electrons. The molecule has 3 rings (SSSR count). The molecule has 0 aromatic carbocycles. The van der Waals surface area contributed by atoms with E-state index in [0.717, 1.165) is 19.6 Å². The van der Waals surface area contributed by atoms with Crippen LogP contribution in [0.1, 0.15) is 5.56 Å². The Labute approximate surface area is 123 Å². The van der Waals surface area contributed by atoms with E-state index in [1.807, 2.05) is 12.3 Å². The number of hydrogen-bond donors (Lipinski definition) is 0. The van der Waals surface area contributed by atoms with Gasteiger partial charge in [-0.05, 0) is 11.6 Å². The minimum Gasteiger partial charge on any atom is -0.469 e. The van der Waals surface area contributed by atoms with Crippen LogP contribution in [0.2, 0.25) is 0 Å². The molecule has 1 atom stereocenters. The molecule has 0 spiro atoms. The third kappa shape index (κ3) is 4.21. The van der Waals surface area contributed by atoms with Crippen LogP contribution >= 0.6 is 0 Å². The van der Waals surface area contributed by atoms with Crippen LogP contribution in [0.3, 0.4) is 0 Å². The molecular formula is C15H18N4O2. The highest BCUT2D eigenvalue weighted by molar-refractivity contribution is 5.08. The van der Waals surface area contributed by atoms with E-state index < -0.39 is 0 Å². The first-order valence-corrected chi connectivity index (χ1v) is 7.02. The zero-order valence-corrected chi connectivity index (χ0v) is 11.8. The van der Waals surface area contributed by atoms with Gasteiger partial charge in [0, 0.05) is 44.4 Å². The Bertz CT molecular complexity index is 488. The lowest BCUT2D eigenvalue weighted by atomic mass is 10.2. The van der Waals surface area contributed by atoms with E-state index in [1.165, 1.54) is 5.56 Å². The lowest BCUT2D eigenvalue weighted by Gasteiger charge is -2.23. The fourth-order valence-corrected chi connectivity index (χ4v) is 2.32. The van der Waals surface area contributed by atoms with E-state index >= 15 is 0 Å². The Hall–Kier alpha value is -2.05. The number of hydrogen-bond acceptors (Lipinski definition) is 6. The fourth-order valence-electron chi connectivity index (χ4n) is 2.32. The molecule has 0 amide bonds. The second kappa shape index (κ2) is 7.10. The molecule has 2 aromatic heterocycles. The Morgan fingerprint density at radius 3 is 3.00 bits per heavy atom. The molecular weight excluding hydrogens is 268 g/mol. The summed E-state index contributed by atoms with van der Waals surface area (Å²) < 4.78 is 11.5. The Morgan fingerprint density at radius 1 is 1.24 bits per heavy atom. The molecule has 0 aliphatic carbocycles. The van der Waals surface area contributed by atoms with Gasteiger partial charge in [-0.2, -0.15) is 0 Å². The van der Waals surface area contributed by atoms with Gasteiger partial charge in [0.2, 0.25) is 5.88 Å². The Morgan fingerprint density at radius 2 is 2.19 bits per heavy atom. The largest absolute Gasteiger partial charge is 0.469 e. The minimum absolute atomic E-state index is 0.0409. The summed E-state index contributed by atoms with van der Waals surface area (Å²) in [6, 6.07) is 4.04. The topological polar surface area (TPSA) is 60.4 Å². The molecule has 1 aliphatic heterocycles. The summed E-state index contributed by atoms with van der Waals surface area (Å²) in [5.41, 5.74) is 1.19. The summed E-state index contributed by atoms with van der Waals surface area (Å²) in [6.45, 7) is 3.80. The van der Waals surface area contributed by atoms with Crippen molar-refractivity contribution >= 4 is 0 Å². The third-order valence-electron chi connectivity index (χ3n) is 3.27. The molecule has 0 radical (unpaired) electrons.